The summed E-state index contributed by atoms with van der Waals surface area (Å²) < 4.78 is 0. The van der Waals surface area contributed by atoms with Crippen LogP contribution in [0.4, 0.5) is 0 Å². The van der Waals surface area contributed by atoms with Crippen LogP contribution in [0, 0.1) is 0 Å². The summed E-state index contributed by atoms with van der Waals surface area (Å²) in [5.74, 6) is 0.315. The number of carbonyl (C=O) groups is 1. The quantitative estimate of drug-likeness (QED) is 0.824. The fourth-order valence-electron chi connectivity index (χ4n) is 3.53. The highest BCUT2D eigenvalue weighted by atomic mass is 16.3. The lowest BCUT2D eigenvalue weighted by Gasteiger charge is -2.35. The van der Waals surface area contributed by atoms with Gasteiger partial charge in [-0.3, -0.25) is 9.69 Å². The molecule has 0 aliphatic carbocycles. The van der Waals surface area contributed by atoms with Crippen molar-refractivity contribution in [3.63, 3.8) is 0 Å². The molecule has 0 saturated carbocycles. The van der Waals surface area contributed by atoms with Gasteiger partial charge >= 0.3 is 0 Å². The first kappa shape index (κ1) is 14.8. The molecule has 0 aromatic carbocycles. The number of aliphatic hydroxyl groups excluding tert-OH is 1. The molecule has 2 rings (SSSR count). The van der Waals surface area contributed by atoms with Gasteiger partial charge in [0.2, 0.25) is 5.91 Å². The molecule has 2 saturated heterocycles. The van der Waals surface area contributed by atoms with Gasteiger partial charge in [0, 0.05) is 25.7 Å². The third kappa shape index (κ3) is 3.69. The van der Waals surface area contributed by atoms with Crippen molar-refractivity contribution in [2.24, 2.45) is 0 Å². The van der Waals surface area contributed by atoms with Gasteiger partial charge in [0.1, 0.15) is 0 Å². The van der Waals surface area contributed by atoms with E-state index >= 15 is 0 Å². The minimum atomic E-state index is 0.0179. The number of rotatable bonds is 5. The topological polar surface area (TPSA) is 43.8 Å². The number of likely N-dealkylation sites (tertiary alicyclic amines) is 2. The molecule has 2 aliphatic heterocycles. The van der Waals surface area contributed by atoms with E-state index in [-0.39, 0.29) is 12.6 Å². The Bertz CT molecular complexity index is 290. The van der Waals surface area contributed by atoms with Gasteiger partial charge in [0.25, 0.3) is 0 Å². The van der Waals surface area contributed by atoms with Gasteiger partial charge in [-0.05, 0) is 58.4 Å². The molecule has 0 aromatic rings. The van der Waals surface area contributed by atoms with Crippen LogP contribution >= 0.6 is 0 Å². The molecular weight excluding hydrogens is 240 g/mol. The van der Waals surface area contributed by atoms with Crippen molar-refractivity contribution in [1.29, 1.82) is 0 Å². The summed E-state index contributed by atoms with van der Waals surface area (Å²) in [6.07, 6.45) is 7.82. The van der Waals surface area contributed by atoms with Crippen LogP contribution in [-0.4, -0.2) is 59.1 Å². The smallest absolute Gasteiger partial charge is 0.239 e. The molecular formula is C15H28N2O2. The fraction of sp³-hybridized carbons (Fsp3) is 0.933. The molecule has 4 nitrogen and oxygen atoms in total. The van der Waals surface area contributed by atoms with Crippen molar-refractivity contribution in [1.82, 2.24) is 9.80 Å². The van der Waals surface area contributed by atoms with E-state index in [4.69, 9.17) is 5.11 Å². The summed E-state index contributed by atoms with van der Waals surface area (Å²) in [7, 11) is 0. The molecule has 19 heavy (non-hydrogen) atoms. The van der Waals surface area contributed by atoms with E-state index in [0.29, 0.717) is 11.9 Å². The zero-order valence-electron chi connectivity index (χ0n) is 12.2. The van der Waals surface area contributed by atoms with Crippen molar-refractivity contribution >= 4 is 5.91 Å². The highest BCUT2D eigenvalue weighted by molar-refractivity contribution is 5.81. The third-order valence-electron chi connectivity index (χ3n) is 4.64. The third-order valence-corrected chi connectivity index (χ3v) is 4.64. The van der Waals surface area contributed by atoms with Crippen LogP contribution in [0.25, 0.3) is 0 Å². The molecule has 0 bridgehead atoms. The monoisotopic (exact) mass is 268 g/mol. The Morgan fingerprint density at radius 2 is 1.95 bits per heavy atom. The first-order valence-corrected chi connectivity index (χ1v) is 7.89. The van der Waals surface area contributed by atoms with Crippen molar-refractivity contribution < 1.29 is 9.90 Å². The van der Waals surface area contributed by atoms with Crippen LogP contribution < -0.4 is 0 Å². The number of carbonyl (C=O) groups excluding carboxylic acids is 1. The summed E-state index contributed by atoms with van der Waals surface area (Å²) in [4.78, 5) is 17.0. The predicted molar refractivity (Wildman–Crippen MR) is 75.9 cm³/mol. The van der Waals surface area contributed by atoms with Crippen LogP contribution in [0.5, 0.6) is 0 Å². The first-order chi connectivity index (χ1) is 9.24. The summed E-state index contributed by atoms with van der Waals surface area (Å²) in [6.45, 7) is 5.25. The van der Waals surface area contributed by atoms with Gasteiger partial charge in [-0.1, -0.05) is 0 Å². The summed E-state index contributed by atoms with van der Waals surface area (Å²) in [6, 6.07) is 0.514. The Labute approximate surface area is 116 Å². The minimum Gasteiger partial charge on any atom is -0.396 e. The van der Waals surface area contributed by atoms with Crippen LogP contribution in [0.15, 0.2) is 0 Å². The second-order valence-corrected chi connectivity index (χ2v) is 5.96. The normalized spacial score (nSPS) is 26.6. The van der Waals surface area contributed by atoms with E-state index in [0.717, 1.165) is 45.3 Å². The van der Waals surface area contributed by atoms with E-state index in [1.807, 2.05) is 0 Å². The number of hydrogen-bond acceptors (Lipinski definition) is 3. The summed E-state index contributed by atoms with van der Waals surface area (Å²) in [5.41, 5.74) is 0. The average molecular weight is 268 g/mol. The Hall–Kier alpha value is -0.610. The minimum absolute atomic E-state index is 0.0179. The molecule has 1 amide bonds. The van der Waals surface area contributed by atoms with Crippen molar-refractivity contribution in [2.75, 3.05) is 26.2 Å². The van der Waals surface area contributed by atoms with Crippen LogP contribution in [0.2, 0.25) is 0 Å². The van der Waals surface area contributed by atoms with Gasteiger partial charge in [-0.2, -0.15) is 0 Å². The second kappa shape index (κ2) is 7.25. The van der Waals surface area contributed by atoms with Gasteiger partial charge in [-0.25, -0.2) is 0 Å². The van der Waals surface area contributed by atoms with Gasteiger partial charge in [-0.15, -0.1) is 0 Å². The second-order valence-electron chi connectivity index (χ2n) is 5.96. The van der Waals surface area contributed by atoms with Crippen LogP contribution in [0.3, 0.4) is 0 Å². The maximum absolute atomic E-state index is 12.5. The Morgan fingerprint density at radius 3 is 2.63 bits per heavy atom. The first-order valence-electron chi connectivity index (χ1n) is 7.89. The zero-order chi connectivity index (χ0) is 13.7. The number of piperidine rings is 1. The predicted octanol–water partition coefficient (Wildman–Crippen LogP) is 1.62. The van der Waals surface area contributed by atoms with Gasteiger partial charge < -0.3 is 10.0 Å². The van der Waals surface area contributed by atoms with E-state index in [9.17, 15) is 4.79 Å². The fourth-order valence-corrected chi connectivity index (χ4v) is 3.53. The van der Waals surface area contributed by atoms with Crippen molar-refractivity contribution in [2.45, 2.75) is 64.0 Å². The SMILES string of the molecule is CC(C(=O)N1CCCCC1)N1CCCC1CCCO. The molecule has 2 aliphatic rings. The number of amides is 1. The van der Waals surface area contributed by atoms with E-state index in [2.05, 4.69) is 16.7 Å². The average Bonchev–Trinajstić information content (AvgIpc) is 2.92. The molecule has 1 N–H and O–H groups in total. The molecule has 2 atom stereocenters. The highest BCUT2D eigenvalue weighted by Gasteiger charge is 2.33. The Balaban J connectivity index is 1.89. The maximum Gasteiger partial charge on any atom is 0.239 e. The molecule has 0 radical (unpaired) electrons. The number of hydrogen-bond donors (Lipinski definition) is 1. The molecule has 2 unspecified atom stereocenters. The standard InChI is InChI=1S/C15H28N2O2/c1-13(15(19)16-9-3-2-4-10-16)17-11-5-7-14(17)8-6-12-18/h13-14,18H,2-12H2,1H3. The van der Waals surface area contributed by atoms with E-state index < -0.39 is 0 Å². The summed E-state index contributed by atoms with van der Waals surface area (Å²) >= 11 is 0. The lowest BCUT2D eigenvalue weighted by molar-refractivity contribution is -0.137. The molecule has 4 heteroatoms. The van der Waals surface area contributed by atoms with Crippen LogP contribution in [0.1, 0.15) is 51.9 Å². The van der Waals surface area contributed by atoms with E-state index in [1.54, 1.807) is 0 Å². The lowest BCUT2D eigenvalue weighted by Crippen LogP contribution is -2.50. The molecule has 2 heterocycles. The Kier molecular flexibility index (Phi) is 5.64. The number of aliphatic hydroxyl groups is 1. The molecule has 0 aromatic heterocycles. The van der Waals surface area contributed by atoms with Gasteiger partial charge in [0.05, 0.1) is 6.04 Å². The lowest BCUT2D eigenvalue weighted by atomic mass is 10.1. The molecule has 2 fully saturated rings. The van der Waals surface area contributed by atoms with Crippen LogP contribution in [-0.2, 0) is 4.79 Å². The summed E-state index contributed by atoms with van der Waals surface area (Å²) in [5, 5.41) is 8.97. The largest absolute Gasteiger partial charge is 0.396 e. The maximum atomic E-state index is 12.5. The van der Waals surface area contributed by atoms with E-state index in [1.165, 1.54) is 19.3 Å². The van der Waals surface area contributed by atoms with Crippen molar-refractivity contribution in [3.8, 4) is 0 Å². The molecule has 110 valence electrons. The van der Waals surface area contributed by atoms with Crippen molar-refractivity contribution in [3.05, 3.63) is 0 Å². The highest BCUT2D eigenvalue weighted by Crippen LogP contribution is 2.25. The van der Waals surface area contributed by atoms with Gasteiger partial charge in [0.15, 0.2) is 0 Å². The number of nitrogens with zero attached hydrogens (tertiary/aromatic N) is 2. The zero-order valence-corrected chi connectivity index (χ0v) is 12.2. The molecule has 0 spiro atoms. The Morgan fingerprint density at radius 1 is 1.21 bits per heavy atom.